The van der Waals surface area contributed by atoms with Crippen molar-refractivity contribution >= 4 is 33.7 Å². The molecule has 0 fully saturated rings. The van der Waals surface area contributed by atoms with Crippen LogP contribution in [0.15, 0.2) is 36.9 Å². The lowest BCUT2D eigenvalue weighted by molar-refractivity contribution is 0.445. The molecule has 2 aromatic carbocycles. The van der Waals surface area contributed by atoms with Gasteiger partial charge in [0, 0.05) is 47.7 Å². The molecule has 192 valence electrons. The highest BCUT2D eigenvalue weighted by molar-refractivity contribution is 7.80. The van der Waals surface area contributed by atoms with E-state index >= 15 is 0 Å². The van der Waals surface area contributed by atoms with Crippen LogP contribution >= 0.6 is 12.2 Å². The number of phenolic OH excluding ortho intramolecular Hbond substituents is 2. The first kappa shape index (κ1) is 30.2. The maximum Gasteiger partial charge on any atom is 0.126 e. The van der Waals surface area contributed by atoms with E-state index in [-0.39, 0.29) is 11.5 Å². The first-order valence-electron chi connectivity index (χ1n) is 12.4. The Morgan fingerprint density at radius 1 is 1.06 bits per heavy atom. The van der Waals surface area contributed by atoms with Gasteiger partial charge in [-0.1, -0.05) is 58.1 Å². The molecule has 3 aromatic rings. The Bertz CT molecular complexity index is 1160. The lowest BCUT2D eigenvalue weighted by atomic mass is 10.0. The number of allylic oxidation sites excluding steroid dienone is 1. The number of rotatable bonds is 5. The highest BCUT2D eigenvalue weighted by Crippen LogP contribution is 2.31. The van der Waals surface area contributed by atoms with Gasteiger partial charge in [-0.3, -0.25) is 0 Å². The number of fused-ring (bicyclic) bond motifs is 1. The molecular weight excluding hydrogens is 452 g/mol. The third kappa shape index (κ3) is 8.14. The van der Waals surface area contributed by atoms with E-state index in [1.54, 1.807) is 6.07 Å². The van der Waals surface area contributed by atoms with Crippen LogP contribution in [0.2, 0.25) is 0 Å². The smallest absolute Gasteiger partial charge is 0.126 e. The van der Waals surface area contributed by atoms with Crippen molar-refractivity contribution in [3.05, 3.63) is 64.9 Å². The van der Waals surface area contributed by atoms with Crippen LogP contribution in [0.3, 0.4) is 0 Å². The number of hydrogen-bond acceptors (Lipinski definition) is 3. The van der Waals surface area contributed by atoms with Crippen molar-refractivity contribution in [1.82, 2.24) is 9.88 Å². The summed E-state index contributed by atoms with van der Waals surface area (Å²) in [5, 5.41) is 23.2. The van der Waals surface area contributed by atoms with Crippen molar-refractivity contribution in [2.24, 2.45) is 5.92 Å². The molecule has 0 atom stereocenters. The number of nitrogens with one attached hydrogen (secondary N) is 1. The Morgan fingerprint density at radius 2 is 1.69 bits per heavy atom. The van der Waals surface area contributed by atoms with E-state index in [4.69, 9.17) is 12.2 Å². The summed E-state index contributed by atoms with van der Waals surface area (Å²) >= 11 is 4.87. The lowest BCUT2D eigenvalue weighted by Gasteiger charge is -2.08. The van der Waals surface area contributed by atoms with Crippen molar-refractivity contribution < 1.29 is 10.2 Å². The van der Waals surface area contributed by atoms with Crippen LogP contribution in [0, 0.1) is 26.7 Å². The number of phenols is 2. The monoisotopic (exact) mass is 496 g/mol. The first-order chi connectivity index (χ1) is 16.4. The Kier molecular flexibility index (Phi) is 12.0. The predicted octanol–water partition coefficient (Wildman–Crippen LogP) is 7.86. The molecule has 5 heteroatoms. The van der Waals surface area contributed by atoms with Crippen molar-refractivity contribution in [3.8, 4) is 11.5 Å². The molecule has 0 bridgehead atoms. The molecule has 0 unspecified atom stereocenters. The maximum atomic E-state index is 9.46. The van der Waals surface area contributed by atoms with Gasteiger partial charge < -0.3 is 20.1 Å². The van der Waals surface area contributed by atoms with E-state index in [0.717, 1.165) is 29.1 Å². The molecule has 0 aliphatic carbocycles. The third-order valence-electron chi connectivity index (χ3n) is 6.05. The Labute approximate surface area is 217 Å². The minimum atomic E-state index is 0.0854. The van der Waals surface area contributed by atoms with E-state index in [2.05, 4.69) is 76.2 Å². The highest BCUT2D eigenvalue weighted by Gasteiger charge is 2.10. The Hall–Kier alpha value is -2.79. The standard InChI is InChI=1S/C14H19N.C11H14O2.C5H11NS/c1-5-8-15-12(4)11(3)13-9-10(2)6-7-14(13)15;1-4-8-5-9(7(2)3)11(13)6-10(8)12;1-4(2)5(7)6-3/h6-7,9H,5,8H2,1-4H3;5-6,12-13H,2,4H2,1,3H3;4H,1-3H3,(H,6,7). The lowest BCUT2D eigenvalue weighted by Crippen LogP contribution is -2.20. The summed E-state index contributed by atoms with van der Waals surface area (Å²) in [4.78, 5) is 0.931. The van der Waals surface area contributed by atoms with Gasteiger partial charge in [-0.2, -0.15) is 0 Å². The molecule has 35 heavy (non-hydrogen) atoms. The second-order valence-corrected chi connectivity index (χ2v) is 9.72. The average molecular weight is 497 g/mol. The summed E-state index contributed by atoms with van der Waals surface area (Å²) in [5.41, 5.74) is 7.91. The zero-order chi connectivity index (χ0) is 26.9. The summed E-state index contributed by atoms with van der Waals surface area (Å²) in [6, 6.07) is 9.88. The normalized spacial score (nSPS) is 10.3. The average Bonchev–Trinajstić information content (AvgIpc) is 3.03. The van der Waals surface area contributed by atoms with E-state index in [1.165, 1.54) is 40.2 Å². The van der Waals surface area contributed by atoms with E-state index in [0.29, 0.717) is 11.5 Å². The SMILES string of the molecule is C=C(C)c1cc(CC)c(O)cc1O.CCCn1c(C)c(C)c2cc(C)ccc21.CNC(=S)C(C)C. The molecule has 0 saturated heterocycles. The molecule has 0 aliphatic rings. The predicted molar refractivity (Wildman–Crippen MR) is 157 cm³/mol. The molecule has 3 rings (SSSR count). The second kappa shape index (κ2) is 13.9. The van der Waals surface area contributed by atoms with Crippen molar-refractivity contribution in [2.45, 2.75) is 74.8 Å². The van der Waals surface area contributed by atoms with Gasteiger partial charge in [0.05, 0.1) is 4.99 Å². The number of aryl methyl sites for hydroxylation is 4. The van der Waals surface area contributed by atoms with Gasteiger partial charge >= 0.3 is 0 Å². The van der Waals surface area contributed by atoms with Crippen molar-refractivity contribution in [1.29, 1.82) is 0 Å². The molecule has 1 aromatic heterocycles. The fourth-order valence-corrected chi connectivity index (χ4v) is 3.81. The number of hydrogen-bond donors (Lipinski definition) is 3. The zero-order valence-corrected chi connectivity index (χ0v) is 23.9. The molecule has 4 nitrogen and oxygen atoms in total. The van der Waals surface area contributed by atoms with Crippen LogP contribution in [-0.4, -0.2) is 26.8 Å². The quantitative estimate of drug-likeness (QED) is 0.315. The summed E-state index contributed by atoms with van der Waals surface area (Å²) in [6.07, 6.45) is 1.93. The fraction of sp³-hybridized carbons (Fsp3) is 0.433. The Balaban J connectivity index is 0.000000281. The van der Waals surface area contributed by atoms with Gasteiger partial charge in [0.15, 0.2) is 0 Å². The van der Waals surface area contributed by atoms with Gasteiger partial charge in [-0.15, -0.1) is 0 Å². The van der Waals surface area contributed by atoms with E-state index in [1.807, 2.05) is 20.9 Å². The summed E-state index contributed by atoms with van der Waals surface area (Å²) in [6.45, 7) is 21.6. The highest BCUT2D eigenvalue weighted by atomic mass is 32.1. The molecular formula is C30H44N2O2S. The van der Waals surface area contributed by atoms with Gasteiger partial charge in [0.1, 0.15) is 11.5 Å². The molecule has 0 radical (unpaired) electrons. The summed E-state index contributed by atoms with van der Waals surface area (Å²) in [5.74, 6) is 0.715. The number of benzene rings is 2. The summed E-state index contributed by atoms with van der Waals surface area (Å²) in [7, 11) is 1.85. The van der Waals surface area contributed by atoms with Gasteiger partial charge in [-0.25, -0.2) is 0 Å². The van der Waals surface area contributed by atoms with Gasteiger partial charge in [0.2, 0.25) is 0 Å². The van der Waals surface area contributed by atoms with E-state index in [9.17, 15) is 10.2 Å². The van der Waals surface area contributed by atoms with Crippen LogP contribution in [0.1, 0.15) is 69.0 Å². The molecule has 0 amide bonds. The van der Waals surface area contributed by atoms with Gasteiger partial charge in [0.25, 0.3) is 0 Å². The second-order valence-electron chi connectivity index (χ2n) is 9.28. The zero-order valence-electron chi connectivity index (χ0n) is 23.0. The minimum absolute atomic E-state index is 0.0854. The van der Waals surface area contributed by atoms with Crippen LogP contribution < -0.4 is 5.32 Å². The third-order valence-corrected chi connectivity index (χ3v) is 6.73. The first-order valence-corrected chi connectivity index (χ1v) is 12.8. The maximum absolute atomic E-state index is 9.46. The van der Waals surface area contributed by atoms with Crippen LogP contribution in [0.25, 0.3) is 16.5 Å². The van der Waals surface area contributed by atoms with Gasteiger partial charge in [-0.05, 0) is 75.4 Å². The summed E-state index contributed by atoms with van der Waals surface area (Å²) < 4.78 is 2.43. The van der Waals surface area contributed by atoms with Crippen LogP contribution in [0.4, 0.5) is 0 Å². The molecule has 0 aliphatic heterocycles. The molecule has 0 saturated carbocycles. The van der Waals surface area contributed by atoms with Crippen molar-refractivity contribution in [3.63, 3.8) is 0 Å². The topological polar surface area (TPSA) is 57.4 Å². The number of aromatic hydroxyl groups is 2. The van der Waals surface area contributed by atoms with Crippen LogP contribution in [0.5, 0.6) is 11.5 Å². The molecule has 0 spiro atoms. The van der Waals surface area contributed by atoms with Crippen molar-refractivity contribution in [2.75, 3.05) is 7.05 Å². The molecule has 1 heterocycles. The Morgan fingerprint density at radius 3 is 2.14 bits per heavy atom. The molecule has 3 N–H and O–H groups in total. The number of aromatic nitrogens is 1. The fourth-order valence-electron chi connectivity index (χ4n) is 3.81. The number of nitrogens with zero attached hydrogens (tertiary/aromatic N) is 1. The minimum Gasteiger partial charge on any atom is -0.508 e. The van der Waals surface area contributed by atoms with E-state index < -0.39 is 0 Å². The number of thiocarbonyl (C=S) groups is 1. The largest absolute Gasteiger partial charge is 0.508 e. The van der Waals surface area contributed by atoms with Crippen LogP contribution in [-0.2, 0) is 13.0 Å².